The highest BCUT2D eigenvalue weighted by Gasteiger charge is 2.30. The summed E-state index contributed by atoms with van der Waals surface area (Å²) in [6.07, 6.45) is 61.1. The summed E-state index contributed by atoms with van der Waals surface area (Å²) in [7, 11) is -9.91. The first-order chi connectivity index (χ1) is 47.0. The molecule has 0 aromatic heterocycles. The molecule has 0 aromatic carbocycles. The van der Waals surface area contributed by atoms with E-state index in [2.05, 4.69) is 34.6 Å². The van der Waals surface area contributed by atoms with Gasteiger partial charge in [0.2, 0.25) is 0 Å². The highest BCUT2D eigenvalue weighted by molar-refractivity contribution is 7.47. The largest absolute Gasteiger partial charge is 0.472 e. The van der Waals surface area contributed by atoms with Crippen LogP contribution in [-0.4, -0.2) is 96.7 Å². The second kappa shape index (κ2) is 71.1. The Hall–Kier alpha value is -1.94. The fourth-order valence-electron chi connectivity index (χ4n) is 12.1. The molecule has 576 valence electrons. The normalized spacial score (nSPS) is 13.9. The first kappa shape index (κ1) is 95.1. The molecular weight excluding hydrogens is 1270 g/mol. The Labute approximate surface area is 594 Å². The predicted octanol–water partition coefficient (Wildman–Crippen LogP) is 23.3. The number of phosphoric acid groups is 2. The Morgan fingerprint density at radius 1 is 0.278 bits per heavy atom. The lowest BCUT2D eigenvalue weighted by Crippen LogP contribution is -2.30. The van der Waals surface area contributed by atoms with Gasteiger partial charge < -0.3 is 33.8 Å². The molecule has 2 unspecified atom stereocenters. The minimum Gasteiger partial charge on any atom is -0.462 e. The Morgan fingerprint density at radius 3 is 0.701 bits per heavy atom. The van der Waals surface area contributed by atoms with Gasteiger partial charge in [-0.15, -0.1) is 0 Å². The van der Waals surface area contributed by atoms with E-state index < -0.39 is 97.5 Å². The number of ether oxygens (including phenoxy) is 4. The smallest absolute Gasteiger partial charge is 0.462 e. The molecule has 0 bridgehead atoms. The lowest BCUT2D eigenvalue weighted by molar-refractivity contribution is -0.161. The zero-order chi connectivity index (χ0) is 71.2. The standard InChI is InChI=1S/C78H152O17P2/c1-6-9-12-15-18-21-23-24-25-26-27-28-29-32-36-39-44-49-54-59-64-78(83)95-74(68-89-76(81)62-57-52-47-43-38-35-33-30-31-34-37-41-45-50-55-60-71(4)5)70-93-97(86,87)91-66-72(79)65-90-96(84,85)92-69-73(67-88-75(80)61-56-51-46-40-20-17-14-11-8-3)94-77(82)63-58-53-48-42-22-19-16-13-10-7-2/h71-74,79H,6-70H2,1-5H3,(H,84,85)(H,86,87)/t72-,73+,74+/m0/s1. The first-order valence-electron chi connectivity index (χ1n) is 40.6. The van der Waals surface area contributed by atoms with Crippen molar-refractivity contribution in [1.29, 1.82) is 0 Å². The van der Waals surface area contributed by atoms with Crippen molar-refractivity contribution in [2.75, 3.05) is 39.6 Å². The quantitative estimate of drug-likeness (QED) is 0.0222. The first-order valence-corrected chi connectivity index (χ1v) is 43.6. The molecule has 0 radical (unpaired) electrons. The summed E-state index contributed by atoms with van der Waals surface area (Å²) < 4.78 is 68.5. The molecule has 0 aliphatic carbocycles. The fourth-order valence-corrected chi connectivity index (χ4v) is 13.6. The molecule has 0 spiro atoms. The second-order valence-electron chi connectivity index (χ2n) is 28.6. The molecule has 19 heteroatoms. The van der Waals surface area contributed by atoms with Crippen molar-refractivity contribution in [3.05, 3.63) is 0 Å². The molecule has 0 aliphatic rings. The summed E-state index contributed by atoms with van der Waals surface area (Å²) in [6.45, 7) is 7.31. The van der Waals surface area contributed by atoms with Gasteiger partial charge in [-0.1, -0.05) is 362 Å². The molecular formula is C78H152O17P2. The van der Waals surface area contributed by atoms with Gasteiger partial charge in [0.1, 0.15) is 19.3 Å². The van der Waals surface area contributed by atoms with E-state index in [-0.39, 0.29) is 25.7 Å². The predicted molar refractivity (Wildman–Crippen MR) is 395 cm³/mol. The van der Waals surface area contributed by atoms with Gasteiger partial charge >= 0.3 is 39.5 Å². The monoisotopic (exact) mass is 1420 g/mol. The second-order valence-corrected chi connectivity index (χ2v) is 31.5. The summed E-state index contributed by atoms with van der Waals surface area (Å²) >= 11 is 0. The summed E-state index contributed by atoms with van der Waals surface area (Å²) in [6, 6.07) is 0. The van der Waals surface area contributed by atoms with Crippen LogP contribution < -0.4 is 0 Å². The van der Waals surface area contributed by atoms with Crippen LogP contribution in [0.2, 0.25) is 0 Å². The molecule has 0 saturated carbocycles. The average molecular weight is 1420 g/mol. The number of carbonyl (C=O) groups is 4. The fraction of sp³-hybridized carbons (Fsp3) is 0.949. The van der Waals surface area contributed by atoms with E-state index in [1.54, 1.807) is 0 Å². The molecule has 3 N–H and O–H groups in total. The number of hydrogen-bond acceptors (Lipinski definition) is 15. The van der Waals surface area contributed by atoms with Gasteiger partial charge in [-0.2, -0.15) is 0 Å². The van der Waals surface area contributed by atoms with Gasteiger partial charge in [-0.05, 0) is 31.6 Å². The third-order valence-electron chi connectivity index (χ3n) is 18.3. The van der Waals surface area contributed by atoms with Gasteiger partial charge in [0.15, 0.2) is 12.2 Å². The highest BCUT2D eigenvalue weighted by Crippen LogP contribution is 2.45. The maximum absolute atomic E-state index is 13.1. The zero-order valence-electron chi connectivity index (χ0n) is 63.2. The number of unbranched alkanes of at least 4 members (excludes halogenated alkanes) is 50. The van der Waals surface area contributed by atoms with Crippen LogP contribution in [0.15, 0.2) is 0 Å². The Morgan fingerprint density at radius 2 is 0.474 bits per heavy atom. The number of carbonyl (C=O) groups excluding carboxylic acids is 4. The summed E-state index contributed by atoms with van der Waals surface area (Å²) in [4.78, 5) is 72.8. The van der Waals surface area contributed by atoms with Gasteiger partial charge in [0.25, 0.3) is 0 Å². The number of hydrogen-bond donors (Lipinski definition) is 3. The van der Waals surface area contributed by atoms with Crippen LogP contribution >= 0.6 is 15.6 Å². The van der Waals surface area contributed by atoms with Crippen LogP contribution in [0.3, 0.4) is 0 Å². The average Bonchev–Trinajstić information content (AvgIpc) is 1.17. The highest BCUT2D eigenvalue weighted by atomic mass is 31.2. The van der Waals surface area contributed by atoms with E-state index in [0.717, 1.165) is 95.8 Å². The lowest BCUT2D eigenvalue weighted by Gasteiger charge is -2.21. The lowest BCUT2D eigenvalue weighted by atomic mass is 10.0. The molecule has 0 amide bonds. The van der Waals surface area contributed by atoms with Crippen LogP contribution in [0.25, 0.3) is 0 Å². The SMILES string of the molecule is CCCCCCCCCCCCCCCCCCCCCCC(=O)O[C@H](COC(=O)CCCCCCCCCCCCCCCCCC(C)C)COP(=O)(O)OC[C@@H](O)COP(=O)(O)OC[C@@H](COC(=O)CCCCCCCCCCC)OC(=O)CCCCCCCCCCCC. The van der Waals surface area contributed by atoms with Crippen molar-refractivity contribution < 1.29 is 80.2 Å². The van der Waals surface area contributed by atoms with Gasteiger partial charge in [0.05, 0.1) is 26.4 Å². The van der Waals surface area contributed by atoms with E-state index >= 15 is 0 Å². The van der Waals surface area contributed by atoms with E-state index in [1.165, 1.54) is 238 Å². The van der Waals surface area contributed by atoms with E-state index in [4.69, 9.17) is 37.0 Å². The number of aliphatic hydroxyl groups excluding tert-OH is 1. The Kier molecular flexibility index (Phi) is 69.6. The van der Waals surface area contributed by atoms with E-state index in [1.807, 2.05) is 0 Å². The molecule has 17 nitrogen and oxygen atoms in total. The minimum atomic E-state index is -4.96. The number of rotatable bonds is 78. The van der Waals surface area contributed by atoms with Crippen molar-refractivity contribution in [2.45, 2.75) is 432 Å². The number of esters is 4. The minimum absolute atomic E-state index is 0.107. The molecule has 97 heavy (non-hydrogen) atoms. The molecule has 0 rings (SSSR count). The Bertz CT molecular complexity index is 1860. The molecule has 0 aliphatic heterocycles. The van der Waals surface area contributed by atoms with Gasteiger partial charge in [0, 0.05) is 25.7 Å². The summed E-state index contributed by atoms with van der Waals surface area (Å²) in [5.41, 5.74) is 0. The van der Waals surface area contributed by atoms with E-state index in [9.17, 15) is 43.2 Å². The third-order valence-corrected chi connectivity index (χ3v) is 20.2. The van der Waals surface area contributed by atoms with Gasteiger partial charge in [-0.25, -0.2) is 9.13 Å². The third kappa shape index (κ3) is 72.2. The number of aliphatic hydroxyl groups is 1. The van der Waals surface area contributed by atoms with Crippen molar-refractivity contribution >= 4 is 39.5 Å². The van der Waals surface area contributed by atoms with Crippen LogP contribution in [0.1, 0.15) is 413 Å². The Balaban J connectivity index is 5.18. The summed E-state index contributed by atoms with van der Waals surface area (Å²) in [5.74, 6) is -1.31. The van der Waals surface area contributed by atoms with Crippen LogP contribution in [-0.2, 0) is 65.4 Å². The van der Waals surface area contributed by atoms with Crippen molar-refractivity contribution in [3.63, 3.8) is 0 Å². The van der Waals surface area contributed by atoms with Crippen LogP contribution in [0.5, 0.6) is 0 Å². The number of phosphoric ester groups is 2. The molecule has 0 heterocycles. The van der Waals surface area contributed by atoms with Crippen molar-refractivity contribution in [3.8, 4) is 0 Å². The summed E-state index contributed by atoms with van der Waals surface area (Å²) in [5, 5.41) is 10.6. The molecule has 0 aromatic rings. The topological polar surface area (TPSA) is 237 Å². The molecule has 0 fully saturated rings. The van der Waals surface area contributed by atoms with Crippen LogP contribution in [0.4, 0.5) is 0 Å². The molecule has 0 saturated heterocycles. The van der Waals surface area contributed by atoms with Crippen molar-refractivity contribution in [2.24, 2.45) is 5.92 Å². The maximum Gasteiger partial charge on any atom is 0.472 e. The van der Waals surface area contributed by atoms with Crippen LogP contribution in [0, 0.1) is 5.92 Å². The zero-order valence-corrected chi connectivity index (χ0v) is 65.0. The van der Waals surface area contributed by atoms with Crippen molar-refractivity contribution in [1.82, 2.24) is 0 Å². The maximum atomic E-state index is 13.1. The van der Waals surface area contributed by atoms with Gasteiger partial charge in [-0.3, -0.25) is 37.3 Å². The van der Waals surface area contributed by atoms with E-state index in [0.29, 0.717) is 25.7 Å². The molecule has 5 atom stereocenters.